The summed E-state index contributed by atoms with van der Waals surface area (Å²) in [4.78, 5) is 14.2. The van der Waals surface area contributed by atoms with Gasteiger partial charge in [0.15, 0.2) is 5.96 Å². The Balaban J connectivity index is 2.69. The molecule has 0 fully saturated rings. The summed E-state index contributed by atoms with van der Waals surface area (Å²) in [7, 11) is 7.99. The van der Waals surface area contributed by atoms with Crippen LogP contribution in [0, 0.1) is 0 Å². The summed E-state index contributed by atoms with van der Waals surface area (Å²) < 4.78 is 0. The minimum absolute atomic E-state index is 0.663. The van der Waals surface area contributed by atoms with Crippen LogP contribution in [-0.4, -0.2) is 48.9 Å². The molecule has 1 aromatic rings. The molecule has 4 nitrogen and oxygen atoms in total. The van der Waals surface area contributed by atoms with Gasteiger partial charge in [0.25, 0.3) is 0 Å². The largest absolute Gasteiger partial charge is 0.349 e. The molecule has 0 unspecified atom stereocenters. The lowest BCUT2D eigenvalue weighted by atomic mass is 10.4. The lowest BCUT2D eigenvalue weighted by Gasteiger charge is -2.22. The normalized spacial score (nSPS) is 10.1. The van der Waals surface area contributed by atoms with E-state index in [-0.39, 0.29) is 0 Å². The molecule has 0 spiro atoms. The summed E-state index contributed by atoms with van der Waals surface area (Å²) in [5, 5.41) is 1.08. The number of aryl methyl sites for hydroxylation is 1. The first-order chi connectivity index (χ1) is 7.54. The Morgan fingerprint density at radius 2 is 1.94 bits per heavy atom. The fourth-order valence-electron chi connectivity index (χ4n) is 1.41. The van der Waals surface area contributed by atoms with Crippen molar-refractivity contribution in [1.29, 1.82) is 0 Å². The summed E-state index contributed by atoms with van der Waals surface area (Å²) in [5.74, 6) is 0.966. The third-order valence-electron chi connectivity index (χ3n) is 2.11. The van der Waals surface area contributed by atoms with Crippen LogP contribution >= 0.6 is 11.3 Å². The molecular formula is C11H20N4S. The first-order valence-electron chi connectivity index (χ1n) is 5.37. The Hall–Kier alpha value is -1.10. The number of nitrogens with zero attached hydrogens (tertiary/aromatic N) is 4. The predicted octanol–water partition coefficient (Wildman–Crippen LogP) is 1.68. The SMILES string of the molecule is CCc1cnc(CN=C(N(C)C)N(C)C)s1. The predicted molar refractivity (Wildman–Crippen MR) is 70.0 cm³/mol. The molecule has 1 heterocycles. The van der Waals surface area contributed by atoms with Gasteiger partial charge in [0.05, 0.1) is 6.54 Å². The molecule has 0 aliphatic rings. The van der Waals surface area contributed by atoms with Crippen molar-refractivity contribution in [2.45, 2.75) is 19.9 Å². The second-order valence-electron chi connectivity index (χ2n) is 3.98. The van der Waals surface area contributed by atoms with Crippen molar-refractivity contribution in [3.63, 3.8) is 0 Å². The maximum atomic E-state index is 4.56. The fraction of sp³-hybridized carbons (Fsp3) is 0.636. The van der Waals surface area contributed by atoms with Crippen molar-refractivity contribution in [3.05, 3.63) is 16.1 Å². The molecule has 0 amide bonds. The minimum Gasteiger partial charge on any atom is -0.349 e. The van der Waals surface area contributed by atoms with Gasteiger partial charge in [0.2, 0.25) is 0 Å². The molecule has 0 saturated carbocycles. The van der Waals surface area contributed by atoms with E-state index in [0.29, 0.717) is 6.54 Å². The van der Waals surface area contributed by atoms with E-state index in [4.69, 9.17) is 0 Å². The number of rotatable bonds is 3. The van der Waals surface area contributed by atoms with Gasteiger partial charge in [-0.2, -0.15) is 0 Å². The molecule has 0 aliphatic carbocycles. The number of hydrogen-bond donors (Lipinski definition) is 0. The zero-order valence-corrected chi connectivity index (χ0v) is 11.5. The van der Waals surface area contributed by atoms with E-state index in [2.05, 4.69) is 16.9 Å². The van der Waals surface area contributed by atoms with Crippen LogP contribution in [0.25, 0.3) is 0 Å². The van der Waals surface area contributed by atoms with Crippen molar-refractivity contribution in [2.75, 3.05) is 28.2 Å². The van der Waals surface area contributed by atoms with Crippen molar-refractivity contribution >= 4 is 17.3 Å². The maximum absolute atomic E-state index is 4.56. The molecule has 0 aromatic carbocycles. The van der Waals surface area contributed by atoms with Gasteiger partial charge < -0.3 is 9.80 Å². The number of aliphatic imine (C=N–C) groups is 1. The highest BCUT2D eigenvalue weighted by Gasteiger charge is 2.05. The van der Waals surface area contributed by atoms with Gasteiger partial charge in [0, 0.05) is 39.3 Å². The maximum Gasteiger partial charge on any atom is 0.195 e. The molecule has 0 atom stereocenters. The van der Waals surface area contributed by atoms with Gasteiger partial charge in [-0.25, -0.2) is 9.98 Å². The highest BCUT2D eigenvalue weighted by atomic mass is 32.1. The fourth-order valence-corrected chi connectivity index (χ4v) is 2.19. The molecule has 16 heavy (non-hydrogen) atoms. The van der Waals surface area contributed by atoms with Crippen molar-refractivity contribution in [2.24, 2.45) is 4.99 Å². The zero-order valence-electron chi connectivity index (χ0n) is 10.7. The Morgan fingerprint density at radius 1 is 1.31 bits per heavy atom. The summed E-state index contributed by atoms with van der Waals surface area (Å²) in [6.45, 7) is 2.81. The van der Waals surface area contributed by atoms with Gasteiger partial charge in [-0.3, -0.25) is 0 Å². The van der Waals surface area contributed by atoms with E-state index >= 15 is 0 Å². The van der Waals surface area contributed by atoms with E-state index in [0.717, 1.165) is 17.4 Å². The van der Waals surface area contributed by atoms with Crippen LogP contribution in [0.4, 0.5) is 0 Å². The second kappa shape index (κ2) is 5.84. The average Bonchev–Trinajstić information content (AvgIpc) is 2.65. The van der Waals surface area contributed by atoms with Crippen molar-refractivity contribution < 1.29 is 0 Å². The topological polar surface area (TPSA) is 31.7 Å². The van der Waals surface area contributed by atoms with Crippen LogP contribution in [-0.2, 0) is 13.0 Å². The Morgan fingerprint density at radius 3 is 2.38 bits per heavy atom. The molecular weight excluding hydrogens is 220 g/mol. The summed E-state index contributed by atoms with van der Waals surface area (Å²) >= 11 is 1.74. The third-order valence-corrected chi connectivity index (χ3v) is 3.23. The second-order valence-corrected chi connectivity index (χ2v) is 5.18. The first-order valence-corrected chi connectivity index (χ1v) is 6.19. The number of thiazole rings is 1. The molecule has 0 bridgehead atoms. The lowest BCUT2D eigenvalue weighted by molar-refractivity contribution is 0.479. The molecule has 5 heteroatoms. The minimum atomic E-state index is 0.663. The van der Waals surface area contributed by atoms with Gasteiger partial charge in [-0.15, -0.1) is 11.3 Å². The summed E-state index contributed by atoms with van der Waals surface area (Å²) in [5.41, 5.74) is 0. The van der Waals surface area contributed by atoms with Crippen LogP contribution in [0.2, 0.25) is 0 Å². The van der Waals surface area contributed by atoms with Crippen LogP contribution in [0.1, 0.15) is 16.8 Å². The van der Waals surface area contributed by atoms with Crippen molar-refractivity contribution in [1.82, 2.24) is 14.8 Å². The van der Waals surface area contributed by atoms with E-state index in [1.165, 1.54) is 4.88 Å². The highest BCUT2D eigenvalue weighted by Crippen LogP contribution is 2.14. The van der Waals surface area contributed by atoms with E-state index in [1.807, 2.05) is 44.2 Å². The standard InChI is InChI=1S/C11H20N4S/c1-6-9-7-12-10(16-9)8-13-11(14(2)3)15(4)5/h7H,6,8H2,1-5H3. The number of guanidine groups is 1. The Kier molecular flexibility index (Phi) is 4.73. The zero-order chi connectivity index (χ0) is 12.1. The molecule has 1 aromatic heterocycles. The summed E-state index contributed by atoms with van der Waals surface area (Å²) in [6, 6.07) is 0. The first kappa shape index (κ1) is 13.0. The number of aromatic nitrogens is 1. The quantitative estimate of drug-likeness (QED) is 0.595. The van der Waals surface area contributed by atoms with Crippen LogP contribution < -0.4 is 0 Å². The molecule has 1 rings (SSSR count). The number of hydrogen-bond acceptors (Lipinski definition) is 3. The molecule has 90 valence electrons. The molecule has 0 aliphatic heterocycles. The van der Waals surface area contributed by atoms with Gasteiger partial charge >= 0.3 is 0 Å². The third kappa shape index (κ3) is 3.48. The molecule has 0 saturated heterocycles. The van der Waals surface area contributed by atoms with Crippen molar-refractivity contribution in [3.8, 4) is 0 Å². The molecule has 0 N–H and O–H groups in total. The highest BCUT2D eigenvalue weighted by molar-refractivity contribution is 7.11. The van der Waals surface area contributed by atoms with Crippen LogP contribution in [0.15, 0.2) is 11.2 Å². The molecule has 0 radical (unpaired) electrons. The lowest BCUT2D eigenvalue weighted by Crippen LogP contribution is -2.35. The van der Waals surface area contributed by atoms with E-state index in [1.54, 1.807) is 11.3 Å². The average molecular weight is 240 g/mol. The Labute approximate surface area is 102 Å². The van der Waals surface area contributed by atoms with Crippen LogP contribution in [0.5, 0.6) is 0 Å². The monoisotopic (exact) mass is 240 g/mol. The Bertz CT molecular complexity index is 345. The van der Waals surface area contributed by atoms with E-state index in [9.17, 15) is 0 Å². The van der Waals surface area contributed by atoms with Gasteiger partial charge in [0.1, 0.15) is 5.01 Å². The smallest absolute Gasteiger partial charge is 0.195 e. The summed E-state index contributed by atoms with van der Waals surface area (Å²) in [6.07, 6.45) is 3.00. The van der Waals surface area contributed by atoms with Gasteiger partial charge in [-0.1, -0.05) is 6.92 Å². The van der Waals surface area contributed by atoms with E-state index < -0.39 is 0 Å². The van der Waals surface area contributed by atoms with Gasteiger partial charge in [-0.05, 0) is 6.42 Å². The van der Waals surface area contributed by atoms with Crippen LogP contribution in [0.3, 0.4) is 0 Å².